The SMILES string of the molecule is Cc1ccc(O)c(C(=O)NCC(=O)O)c1. The number of amides is 1. The van der Waals surface area contributed by atoms with Crippen LogP contribution in [0.25, 0.3) is 0 Å². The van der Waals surface area contributed by atoms with Crippen molar-refractivity contribution in [2.24, 2.45) is 0 Å². The predicted octanol–water partition coefficient (Wildman–Crippen LogP) is 0.515. The van der Waals surface area contributed by atoms with E-state index in [1.165, 1.54) is 12.1 Å². The Hall–Kier alpha value is -2.04. The molecule has 0 radical (unpaired) electrons. The van der Waals surface area contributed by atoms with Crippen LogP contribution in [0, 0.1) is 6.92 Å². The van der Waals surface area contributed by atoms with Crippen molar-refractivity contribution in [3.63, 3.8) is 0 Å². The third-order valence-electron chi connectivity index (χ3n) is 1.80. The molecule has 0 aromatic heterocycles. The minimum Gasteiger partial charge on any atom is -0.507 e. The van der Waals surface area contributed by atoms with Crippen LogP contribution in [0.15, 0.2) is 18.2 Å². The lowest BCUT2D eigenvalue weighted by atomic mass is 10.1. The lowest BCUT2D eigenvalue weighted by Gasteiger charge is -2.05. The number of benzene rings is 1. The summed E-state index contributed by atoms with van der Waals surface area (Å²) in [5.41, 5.74) is 0.893. The zero-order chi connectivity index (χ0) is 11.4. The Morgan fingerprint density at radius 1 is 1.40 bits per heavy atom. The largest absolute Gasteiger partial charge is 0.507 e. The quantitative estimate of drug-likeness (QED) is 0.677. The van der Waals surface area contributed by atoms with Gasteiger partial charge in [0.15, 0.2) is 0 Å². The molecule has 1 aromatic rings. The number of phenolic OH excluding ortho intramolecular Hbond substituents is 1. The standard InChI is InChI=1S/C10H11NO4/c1-6-2-3-8(12)7(4-6)10(15)11-5-9(13)14/h2-4,12H,5H2,1H3,(H,11,15)(H,13,14). The van der Waals surface area contributed by atoms with Crippen LogP contribution in [0.3, 0.4) is 0 Å². The topological polar surface area (TPSA) is 86.6 Å². The van der Waals surface area contributed by atoms with E-state index in [1.54, 1.807) is 13.0 Å². The molecule has 3 N–H and O–H groups in total. The van der Waals surface area contributed by atoms with Gasteiger partial charge in [0.05, 0.1) is 5.56 Å². The molecule has 0 bridgehead atoms. The number of rotatable bonds is 3. The monoisotopic (exact) mass is 209 g/mol. The minimum absolute atomic E-state index is 0.0799. The highest BCUT2D eigenvalue weighted by molar-refractivity contribution is 5.98. The number of hydrogen-bond acceptors (Lipinski definition) is 3. The van der Waals surface area contributed by atoms with E-state index in [0.29, 0.717) is 0 Å². The summed E-state index contributed by atoms with van der Waals surface area (Å²) in [5, 5.41) is 19.9. The fourth-order valence-electron chi connectivity index (χ4n) is 1.08. The van der Waals surface area contributed by atoms with Gasteiger partial charge in [-0.1, -0.05) is 11.6 Å². The Kier molecular flexibility index (Phi) is 3.28. The van der Waals surface area contributed by atoms with Crippen molar-refractivity contribution in [1.82, 2.24) is 5.32 Å². The maximum absolute atomic E-state index is 11.4. The molecule has 1 rings (SSSR count). The van der Waals surface area contributed by atoms with Gasteiger partial charge in [0.1, 0.15) is 12.3 Å². The fourth-order valence-corrected chi connectivity index (χ4v) is 1.08. The summed E-state index contributed by atoms with van der Waals surface area (Å²) in [6, 6.07) is 4.54. The van der Waals surface area contributed by atoms with E-state index in [9.17, 15) is 14.7 Å². The Balaban J connectivity index is 2.81. The molecule has 0 aliphatic carbocycles. The molecule has 5 nitrogen and oxygen atoms in total. The molecule has 0 unspecified atom stereocenters. The van der Waals surface area contributed by atoms with Crippen molar-refractivity contribution in [3.05, 3.63) is 29.3 Å². The van der Waals surface area contributed by atoms with Crippen molar-refractivity contribution in [2.75, 3.05) is 6.54 Å². The lowest BCUT2D eigenvalue weighted by molar-refractivity contribution is -0.135. The third-order valence-corrected chi connectivity index (χ3v) is 1.80. The van der Waals surface area contributed by atoms with Crippen LogP contribution in [0.4, 0.5) is 0 Å². The lowest BCUT2D eigenvalue weighted by Crippen LogP contribution is -2.29. The first-order chi connectivity index (χ1) is 7.00. The van der Waals surface area contributed by atoms with E-state index in [2.05, 4.69) is 5.32 Å². The molecule has 0 heterocycles. The molecule has 5 heteroatoms. The van der Waals surface area contributed by atoms with Gasteiger partial charge in [-0.3, -0.25) is 9.59 Å². The van der Waals surface area contributed by atoms with Gasteiger partial charge >= 0.3 is 5.97 Å². The summed E-state index contributed by atoms with van der Waals surface area (Å²) in [4.78, 5) is 21.6. The predicted molar refractivity (Wildman–Crippen MR) is 52.8 cm³/mol. The minimum atomic E-state index is -1.13. The number of hydrogen-bond donors (Lipinski definition) is 3. The van der Waals surface area contributed by atoms with Gasteiger partial charge in [-0.25, -0.2) is 0 Å². The van der Waals surface area contributed by atoms with Crippen molar-refractivity contribution in [2.45, 2.75) is 6.92 Å². The average molecular weight is 209 g/mol. The van der Waals surface area contributed by atoms with Gasteiger partial charge in [-0.05, 0) is 19.1 Å². The van der Waals surface area contributed by atoms with Crippen molar-refractivity contribution < 1.29 is 19.8 Å². The first-order valence-corrected chi connectivity index (χ1v) is 4.30. The molecule has 15 heavy (non-hydrogen) atoms. The molecule has 0 aliphatic rings. The number of phenols is 1. The third kappa shape index (κ3) is 2.98. The van der Waals surface area contributed by atoms with Crippen molar-refractivity contribution in [3.8, 4) is 5.75 Å². The summed E-state index contributed by atoms with van der Waals surface area (Å²) >= 11 is 0. The number of carboxylic acids is 1. The van der Waals surface area contributed by atoms with Crippen LogP contribution in [0.2, 0.25) is 0 Å². The molecule has 0 saturated carbocycles. The first kappa shape index (κ1) is 11.0. The van der Waals surface area contributed by atoms with Crippen LogP contribution in [-0.4, -0.2) is 28.6 Å². The van der Waals surface area contributed by atoms with Crippen LogP contribution in [0.1, 0.15) is 15.9 Å². The van der Waals surface area contributed by atoms with Gasteiger partial charge in [0.2, 0.25) is 0 Å². The van der Waals surface area contributed by atoms with Crippen LogP contribution in [-0.2, 0) is 4.79 Å². The smallest absolute Gasteiger partial charge is 0.322 e. The number of nitrogens with one attached hydrogen (secondary N) is 1. The van der Waals surface area contributed by atoms with E-state index in [0.717, 1.165) is 5.56 Å². The first-order valence-electron chi connectivity index (χ1n) is 4.30. The molecular weight excluding hydrogens is 198 g/mol. The Morgan fingerprint density at radius 2 is 2.07 bits per heavy atom. The van der Waals surface area contributed by atoms with E-state index < -0.39 is 18.4 Å². The summed E-state index contributed by atoms with van der Waals surface area (Å²) < 4.78 is 0. The fraction of sp³-hybridized carbons (Fsp3) is 0.200. The van der Waals surface area contributed by atoms with E-state index in [4.69, 9.17) is 5.11 Å². The second kappa shape index (κ2) is 4.45. The maximum atomic E-state index is 11.4. The van der Waals surface area contributed by atoms with Crippen LogP contribution < -0.4 is 5.32 Å². The molecule has 80 valence electrons. The van der Waals surface area contributed by atoms with E-state index >= 15 is 0 Å². The second-order valence-corrected chi connectivity index (χ2v) is 3.10. The summed E-state index contributed by atoms with van der Waals surface area (Å²) in [6.07, 6.45) is 0. The van der Waals surface area contributed by atoms with Crippen molar-refractivity contribution >= 4 is 11.9 Å². The van der Waals surface area contributed by atoms with E-state index in [-0.39, 0.29) is 11.3 Å². The molecular formula is C10H11NO4. The molecule has 0 atom stereocenters. The van der Waals surface area contributed by atoms with Gasteiger partial charge in [-0.15, -0.1) is 0 Å². The van der Waals surface area contributed by atoms with Crippen LogP contribution >= 0.6 is 0 Å². The highest BCUT2D eigenvalue weighted by Gasteiger charge is 2.11. The Labute approximate surface area is 86.4 Å². The molecule has 1 aromatic carbocycles. The molecule has 1 amide bonds. The molecule has 0 fully saturated rings. The zero-order valence-corrected chi connectivity index (χ0v) is 8.15. The summed E-state index contributed by atoms with van der Waals surface area (Å²) in [7, 11) is 0. The summed E-state index contributed by atoms with van der Waals surface area (Å²) in [5.74, 6) is -1.89. The number of carboxylic acid groups (broad SMARTS) is 1. The maximum Gasteiger partial charge on any atom is 0.322 e. The average Bonchev–Trinajstić information content (AvgIpc) is 2.18. The van der Waals surface area contributed by atoms with Gasteiger partial charge in [0, 0.05) is 0 Å². The summed E-state index contributed by atoms with van der Waals surface area (Å²) in [6.45, 7) is 1.31. The Bertz CT molecular complexity index is 400. The van der Waals surface area contributed by atoms with Gasteiger partial charge in [-0.2, -0.15) is 0 Å². The number of carbonyl (C=O) groups excluding carboxylic acids is 1. The van der Waals surface area contributed by atoms with Gasteiger partial charge in [0.25, 0.3) is 5.91 Å². The highest BCUT2D eigenvalue weighted by atomic mass is 16.4. The zero-order valence-electron chi connectivity index (χ0n) is 8.15. The van der Waals surface area contributed by atoms with Gasteiger partial charge < -0.3 is 15.5 Å². The molecule has 0 spiro atoms. The molecule has 0 aliphatic heterocycles. The number of aromatic hydroxyl groups is 1. The van der Waals surface area contributed by atoms with Crippen molar-refractivity contribution in [1.29, 1.82) is 0 Å². The Morgan fingerprint density at radius 3 is 2.67 bits per heavy atom. The van der Waals surface area contributed by atoms with Crippen LogP contribution in [0.5, 0.6) is 5.75 Å². The number of aliphatic carboxylic acids is 1. The second-order valence-electron chi connectivity index (χ2n) is 3.10. The highest BCUT2D eigenvalue weighted by Crippen LogP contribution is 2.17. The number of carbonyl (C=O) groups is 2. The molecule has 0 saturated heterocycles. The normalized spacial score (nSPS) is 9.67. The number of aryl methyl sites for hydroxylation is 1. The van der Waals surface area contributed by atoms with E-state index in [1.807, 2.05) is 0 Å².